The van der Waals surface area contributed by atoms with E-state index in [9.17, 15) is 0 Å². The Labute approximate surface area is 385 Å². The predicted molar refractivity (Wildman–Crippen MR) is 275 cm³/mol. The number of benzene rings is 7. The van der Waals surface area contributed by atoms with Crippen LogP contribution in [0.15, 0.2) is 146 Å². The highest BCUT2D eigenvalue weighted by molar-refractivity contribution is 7.00. The Hall–Kier alpha value is -6.00. The van der Waals surface area contributed by atoms with Crippen LogP contribution in [0.25, 0.3) is 38.6 Å². The van der Waals surface area contributed by atoms with Crippen molar-refractivity contribution >= 4 is 67.7 Å². The second kappa shape index (κ2) is 12.7. The van der Waals surface area contributed by atoms with Gasteiger partial charge in [0.2, 0.25) is 0 Å². The van der Waals surface area contributed by atoms with Crippen molar-refractivity contribution in [2.75, 3.05) is 9.80 Å². The van der Waals surface area contributed by atoms with Gasteiger partial charge >= 0.3 is 0 Å². The third kappa shape index (κ3) is 4.55. The van der Waals surface area contributed by atoms with E-state index in [4.69, 9.17) is 0 Å². The first kappa shape index (κ1) is 38.3. The van der Waals surface area contributed by atoms with Crippen LogP contribution in [0.5, 0.6) is 0 Å². The third-order valence-electron chi connectivity index (χ3n) is 18.5. The molecular weight excluding hydrogens is 786 g/mol. The van der Waals surface area contributed by atoms with Crippen LogP contribution in [0.1, 0.15) is 115 Å². The Kier molecular flexibility index (Phi) is 7.46. The fourth-order valence-corrected chi connectivity index (χ4v) is 15.3. The maximum absolute atomic E-state index is 2.94. The largest absolute Gasteiger partial charge is 0.335 e. The van der Waals surface area contributed by atoms with Crippen LogP contribution in [0.4, 0.5) is 22.7 Å². The standard InChI is InChI=1S/C61H58BN3/c1-57(2,3)42-28-29-51-46(36-42)61(41-22-11-8-12-23-41)33-18-17-32-60(61,6)64(51)43-37-52-54-53(38-43)65-56-47(58(4)30-15-16-31-59(58,65)5)34-40(39-20-9-7-10-21-39)35-49(56)62(54)48-26-19-25-45-44-24-13-14-27-50(44)63(52)55(45)48/h7-14,19-29,34-38H,15-18,30-33H2,1-6H3. The van der Waals surface area contributed by atoms with Gasteiger partial charge in [-0.3, -0.25) is 0 Å². The van der Waals surface area contributed by atoms with E-state index in [1.54, 1.807) is 5.56 Å². The molecule has 4 unspecified atom stereocenters. The second-order valence-electron chi connectivity index (χ2n) is 22.5. The van der Waals surface area contributed by atoms with E-state index in [-0.39, 0.29) is 34.0 Å². The van der Waals surface area contributed by atoms with Crippen LogP contribution in [0.3, 0.4) is 0 Å². The number of fused-ring (bicyclic) bond motifs is 13. The first-order chi connectivity index (χ1) is 31.5. The summed E-state index contributed by atoms with van der Waals surface area (Å²) in [7, 11) is 0. The molecule has 4 aliphatic heterocycles. The Morgan fingerprint density at radius 1 is 0.523 bits per heavy atom. The van der Waals surface area contributed by atoms with Crippen LogP contribution < -0.4 is 26.2 Å². The molecule has 3 nitrogen and oxygen atoms in total. The van der Waals surface area contributed by atoms with Gasteiger partial charge in [0.25, 0.3) is 6.71 Å². The Morgan fingerprint density at radius 3 is 2.02 bits per heavy atom. The highest BCUT2D eigenvalue weighted by Crippen LogP contribution is 2.66. The van der Waals surface area contributed by atoms with Gasteiger partial charge in [-0.2, -0.15) is 0 Å². The van der Waals surface area contributed by atoms with E-state index in [0.29, 0.717) is 0 Å². The van der Waals surface area contributed by atoms with Crippen molar-refractivity contribution < 1.29 is 0 Å². The smallest absolute Gasteiger partial charge is 0.252 e. The Morgan fingerprint density at radius 2 is 1.22 bits per heavy atom. The minimum Gasteiger partial charge on any atom is -0.335 e. The maximum atomic E-state index is 2.94. The molecule has 0 amide bonds. The zero-order valence-corrected chi connectivity index (χ0v) is 38.9. The molecule has 65 heavy (non-hydrogen) atoms. The topological polar surface area (TPSA) is 11.4 Å². The maximum Gasteiger partial charge on any atom is 0.252 e. The summed E-state index contributed by atoms with van der Waals surface area (Å²) in [4.78, 5) is 5.82. The lowest BCUT2D eigenvalue weighted by Gasteiger charge is -2.54. The van der Waals surface area contributed by atoms with Gasteiger partial charge in [0.15, 0.2) is 0 Å². The van der Waals surface area contributed by atoms with Gasteiger partial charge in [-0.15, -0.1) is 0 Å². The van der Waals surface area contributed by atoms with E-state index in [0.717, 1.165) is 12.8 Å². The molecule has 8 aromatic rings. The van der Waals surface area contributed by atoms with Crippen LogP contribution in [0, 0.1) is 0 Å². The highest BCUT2D eigenvalue weighted by atomic mass is 15.3. The van der Waals surface area contributed by atoms with Gasteiger partial charge in [-0.05, 0) is 125 Å². The van der Waals surface area contributed by atoms with Crippen molar-refractivity contribution in [1.29, 1.82) is 0 Å². The molecule has 6 aliphatic rings. The SMILES string of the molecule is CC(C)(C)c1ccc2c(c1)C1(c3ccccc3)CCCCC1(C)N2c1cc2c3c(c1)-n1c4ccccc4c4cccc(c41)B3c1cc(-c3ccccc3)cc3c1N2C1(C)CCCCC31C. The second-order valence-corrected chi connectivity index (χ2v) is 22.5. The van der Waals surface area contributed by atoms with Crippen molar-refractivity contribution in [3.8, 4) is 16.8 Å². The summed E-state index contributed by atoms with van der Waals surface area (Å²) in [5.74, 6) is 0. The number of aromatic nitrogens is 1. The van der Waals surface area contributed by atoms with E-state index in [1.165, 1.54) is 133 Å². The lowest BCUT2D eigenvalue weighted by molar-refractivity contribution is 0.195. The first-order valence-corrected chi connectivity index (χ1v) is 24.7. The fourth-order valence-electron chi connectivity index (χ4n) is 15.3. The number of rotatable bonds is 3. The molecule has 7 aromatic carbocycles. The molecule has 2 fully saturated rings. The lowest BCUT2D eigenvalue weighted by Crippen LogP contribution is -2.64. The van der Waals surface area contributed by atoms with Crippen molar-refractivity contribution in [3.05, 3.63) is 168 Å². The van der Waals surface area contributed by atoms with Crippen LogP contribution in [0.2, 0.25) is 0 Å². The molecule has 0 bridgehead atoms. The molecule has 320 valence electrons. The molecule has 5 heterocycles. The van der Waals surface area contributed by atoms with Crippen molar-refractivity contribution in [3.63, 3.8) is 0 Å². The zero-order chi connectivity index (χ0) is 43.8. The molecule has 0 spiro atoms. The molecule has 14 rings (SSSR count). The van der Waals surface area contributed by atoms with E-state index >= 15 is 0 Å². The molecule has 1 aromatic heterocycles. The average molecular weight is 844 g/mol. The van der Waals surface area contributed by atoms with Gasteiger partial charge in [-0.25, -0.2) is 0 Å². The summed E-state index contributed by atoms with van der Waals surface area (Å²) in [6.07, 6.45) is 9.62. The quantitative estimate of drug-likeness (QED) is 0.164. The number of nitrogens with zero attached hydrogens (tertiary/aromatic N) is 3. The number of para-hydroxylation sites is 2. The number of anilines is 4. The number of hydrogen-bond acceptors (Lipinski definition) is 2. The summed E-state index contributed by atoms with van der Waals surface area (Å²) < 4.78 is 2.69. The van der Waals surface area contributed by atoms with Gasteiger partial charge < -0.3 is 14.4 Å². The molecule has 4 atom stereocenters. The van der Waals surface area contributed by atoms with Gasteiger partial charge in [0.05, 0.1) is 16.6 Å². The van der Waals surface area contributed by atoms with Crippen molar-refractivity contribution in [2.45, 2.75) is 120 Å². The Bertz CT molecular complexity index is 3340. The number of hydrogen-bond donors (Lipinski definition) is 0. The zero-order valence-electron chi connectivity index (χ0n) is 38.9. The van der Waals surface area contributed by atoms with Crippen molar-refractivity contribution in [1.82, 2.24) is 4.57 Å². The average Bonchev–Trinajstić information content (AvgIpc) is 3.87. The van der Waals surface area contributed by atoms with E-state index < -0.39 is 0 Å². The van der Waals surface area contributed by atoms with Gasteiger partial charge in [0, 0.05) is 55.6 Å². The van der Waals surface area contributed by atoms with Crippen LogP contribution in [-0.2, 0) is 16.2 Å². The molecule has 2 saturated carbocycles. The van der Waals surface area contributed by atoms with Crippen LogP contribution >= 0.6 is 0 Å². The summed E-state index contributed by atoms with van der Waals surface area (Å²) in [6.45, 7) is 15.1. The minimum atomic E-state index is -0.191. The van der Waals surface area contributed by atoms with E-state index in [2.05, 4.69) is 202 Å². The normalized spacial score (nSPS) is 25.7. The first-order valence-electron chi connectivity index (χ1n) is 24.7. The van der Waals surface area contributed by atoms with Gasteiger partial charge in [-0.1, -0.05) is 169 Å². The predicted octanol–water partition coefficient (Wildman–Crippen LogP) is 13.4. The molecule has 2 aliphatic carbocycles. The molecule has 0 radical (unpaired) electrons. The summed E-state index contributed by atoms with van der Waals surface area (Å²) >= 11 is 0. The van der Waals surface area contributed by atoms with E-state index in [1.807, 2.05) is 0 Å². The monoisotopic (exact) mass is 843 g/mol. The molecule has 0 saturated heterocycles. The lowest BCUT2D eigenvalue weighted by atomic mass is 9.33. The highest BCUT2D eigenvalue weighted by Gasteiger charge is 2.64. The Balaban J connectivity index is 1.13. The summed E-state index contributed by atoms with van der Waals surface area (Å²) in [5.41, 5.74) is 22.2. The summed E-state index contributed by atoms with van der Waals surface area (Å²) in [6, 6.07) is 57.4. The minimum absolute atomic E-state index is 0.00798. The third-order valence-corrected chi connectivity index (χ3v) is 18.5. The fraction of sp³-hybridized carbons (Fsp3) is 0.311. The summed E-state index contributed by atoms with van der Waals surface area (Å²) in [5, 5.41) is 2.69. The van der Waals surface area contributed by atoms with Gasteiger partial charge in [0.1, 0.15) is 0 Å². The molecule has 0 N–H and O–H groups in total. The van der Waals surface area contributed by atoms with Crippen LogP contribution in [-0.4, -0.2) is 22.4 Å². The van der Waals surface area contributed by atoms with Crippen molar-refractivity contribution in [2.24, 2.45) is 0 Å². The molecular formula is C61H58BN3. The molecule has 4 heteroatoms.